The van der Waals surface area contributed by atoms with Crippen LogP contribution in [-0.2, 0) is 4.74 Å². The van der Waals surface area contributed by atoms with Gasteiger partial charge < -0.3 is 24.5 Å². The van der Waals surface area contributed by atoms with Gasteiger partial charge in [-0.3, -0.25) is 9.69 Å². The molecular weight excluding hydrogens is 363 g/mol. The Kier molecular flexibility index (Phi) is 7.61. The number of carbonyl (C=O) groups excluding carboxylic acids is 1. The van der Waals surface area contributed by atoms with Gasteiger partial charge in [-0.25, -0.2) is 4.39 Å². The van der Waals surface area contributed by atoms with E-state index < -0.39 is 5.82 Å². The number of morpholine rings is 1. The van der Waals surface area contributed by atoms with Gasteiger partial charge in [-0.15, -0.1) is 0 Å². The van der Waals surface area contributed by atoms with Crippen LogP contribution in [0.2, 0.25) is 0 Å². The number of piperazine rings is 1. The molecule has 0 atom stereocenters. The third-order valence-corrected chi connectivity index (χ3v) is 5.48. The summed E-state index contributed by atoms with van der Waals surface area (Å²) in [4.78, 5) is 21.5. The Balaban J connectivity index is 1.74. The van der Waals surface area contributed by atoms with E-state index in [0.29, 0.717) is 31.9 Å². The van der Waals surface area contributed by atoms with Crippen LogP contribution >= 0.6 is 0 Å². The van der Waals surface area contributed by atoms with Crippen molar-refractivity contribution in [2.45, 2.75) is 0 Å². The van der Waals surface area contributed by atoms with Crippen molar-refractivity contribution >= 4 is 11.6 Å². The predicted octanol–water partition coefficient (Wildman–Crippen LogP) is 0.344. The van der Waals surface area contributed by atoms with Crippen LogP contribution in [0.4, 0.5) is 10.1 Å². The van der Waals surface area contributed by atoms with Crippen molar-refractivity contribution in [3.05, 3.63) is 29.6 Å². The Morgan fingerprint density at radius 1 is 1.14 bits per heavy atom. The fraction of sp³-hybridized carbons (Fsp3) is 0.650. The van der Waals surface area contributed by atoms with E-state index in [0.717, 1.165) is 45.0 Å². The smallest absolute Gasteiger partial charge is 0.256 e. The van der Waals surface area contributed by atoms with E-state index in [1.54, 1.807) is 11.0 Å². The number of carbonyl (C=O) groups is 1. The molecule has 0 radical (unpaired) electrons. The summed E-state index contributed by atoms with van der Waals surface area (Å²) in [6.45, 7) is 7.83. The van der Waals surface area contributed by atoms with E-state index in [2.05, 4.69) is 21.7 Å². The highest BCUT2D eigenvalue weighted by molar-refractivity contribution is 6.00. The summed E-state index contributed by atoms with van der Waals surface area (Å²) in [7, 11) is 2.07. The molecule has 0 aromatic heterocycles. The molecule has 0 bridgehead atoms. The lowest BCUT2D eigenvalue weighted by Gasteiger charge is -2.36. The van der Waals surface area contributed by atoms with Crippen LogP contribution in [0.5, 0.6) is 0 Å². The normalized spacial score (nSPS) is 19.0. The van der Waals surface area contributed by atoms with Crippen molar-refractivity contribution in [2.24, 2.45) is 0 Å². The Bertz CT molecular complexity index is 646. The largest absolute Gasteiger partial charge is 0.395 e. The first-order valence-corrected chi connectivity index (χ1v) is 10.0. The summed E-state index contributed by atoms with van der Waals surface area (Å²) in [6, 6.07) is 4.44. The van der Waals surface area contributed by atoms with Gasteiger partial charge in [-0.2, -0.15) is 0 Å². The minimum atomic E-state index is -0.418. The van der Waals surface area contributed by atoms with E-state index in [-0.39, 0.29) is 19.1 Å². The maximum absolute atomic E-state index is 14.0. The minimum Gasteiger partial charge on any atom is -0.395 e. The molecule has 28 heavy (non-hydrogen) atoms. The van der Waals surface area contributed by atoms with Gasteiger partial charge >= 0.3 is 0 Å². The topological polar surface area (TPSA) is 59.5 Å². The van der Waals surface area contributed by atoms with Crippen molar-refractivity contribution in [2.75, 3.05) is 90.7 Å². The number of hydrogen-bond donors (Lipinski definition) is 1. The van der Waals surface area contributed by atoms with Crippen molar-refractivity contribution in [1.82, 2.24) is 14.7 Å². The van der Waals surface area contributed by atoms with Gasteiger partial charge in [-0.05, 0) is 25.2 Å². The maximum atomic E-state index is 14.0. The number of amides is 1. The molecule has 1 aromatic rings. The van der Waals surface area contributed by atoms with Gasteiger partial charge in [0.15, 0.2) is 0 Å². The number of likely N-dealkylation sites (N-methyl/N-ethyl adjacent to an activating group) is 1. The van der Waals surface area contributed by atoms with Gasteiger partial charge in [0.05, 0.1) is 25.4 Å². The molecule has 2 aliphatic rings. The monoisotopic (exact) mass is 394 g/mol. The van der Waals surface area contributed by atoms with Crippen molar-refractivity contribution < 1.29 is 19.0 Å². The van der Waals surface area contributed by atoms with Crippen LogP contribution in [0.15, 0.2) is 18.2 Å². The van der Waals surface area contributed by atoms with Crippen LogP contribution in [-0.4, -0.2) is 111 Å². The molecule has 2 heterocycles. The highest BCUT2D eigenvalue weighted by Gasteiger charge is 2.24. The Labute approximate surface area is 166 Å². The van der Waals surface area contributed by atoms with Gasteiger partial charge in [0.25, 0.3) is 5.91 Å². The lowest BCUT2D eigenvalue weighted by Crippen LogP contribution is -2.46. The summed E-state index contributed by atoms with van der Waals surface area (Å²) in [5, 5.41) is 9.45. The van der Waals surface area contributed by atoms with Crippen molar-refractivity contribution in [3.63, 3.8) is 0 Å². The van der Waals surface area contributed by atoms with E-state index in [1.807, 2.05) is 0 Å². The van der Waals surface area contributed by atoms with Gasteiger partial charge in [0.2, 0.25) is 0 Å². The quantitative estimate of drug-likeness (QED) is 0.720. The summed E-state index contributed by atoms with van der Waals surface area (Å²) in [5.74, 6) is -0.644. The maximum Gasteiger partial charge on any atom is 0.256 e. The minimum absolute atomic E-state index is 0.117. The number of aliphatic hydroxyl groups excluding tert-OH is 1. The molecule has 8 heteroatoms. The number of ether oxygens (including phenoxy) is 1. The predicted molar refractivity (Wildman–Crippen MR) is 106 cm³/mol. The first-order valence-electron chi connectivity index (χ1n) is 10.0. The molecular formula is C20H31FN4O3. The Morgan fingerprint density at radius 3 is 2.54 bits per heavy atom. The van der Waals surface area contributed by atoms with Gasteiger partial charge in [-0.1, -0.05) is 0 Å². The second kappa shape index (κ2) is 10.2. The third-order valence-electron chi connectivity index (χ3n) is 5.48. The molecule has 0 aliphatic carbocycles. The highest BCUT2D eigenvalue weighted by Crippen LogP contribution is 2.24. The molecule has 0 unspecified atom stereocenters. The zero-order valence-corrected chi connectivity index (χ0v) is 16.6. The zero-order chi connectivity index (χ0) is 19.9. The molecule has 1 amide bonds. The third kappa shape index (κ3) is 5.41. The number of aliphatic hydroxyl groups is 1. The fourth-order valence-corrected chi connectivity index (χ4v) is 3.70. The lowest BCUT2D eigenvalue weighted by atomic mass is 10.1. The molecule has 1 N–H and O–H groups in total. The fourth-order valence-electron chi connectivity index (χ4n) is 3.70. The second-order valence-corrected chi connectivity index (χ2v) is 7.42. The van der Waals surface area contributed by atoms with Crippen molar-refractivity contribution in [1.29, 1.82) is 0 Å². The van der Waals surface area contributed by atoms with Crippen molar-refractivity contribution in [3.8, 4) is 0 Å². The second-order valence-electron chi connectivity index (χ2n) is 7.42. The van der Waals surface area contributed by atoms with E-state index in [4.69, 9.17) is 4.74 Å². The van der Waals surface area contributed by atoms with E-state index in [9.17, 15) is 14.3 Å². The number of hydrogen-bond acceptors (Lipinski definition) is 6. The summed E-state index contributed by atoms with van der Waals surface area (Å²) < 4.78 is 19.4. The zero-order valence-electron chi connectivity index (χ0n) is 16.6. The molecule has 156 valence electrons. The Morgan fingerprint density at radius 2 is 1.86 bits per heavy atom. The van der Waals surface area contributed by atoms with Crippen LogP contribution in [0, 0.1) is 5.82 Å². The summed E-state index contributed by atoms with van der Waals surface area (Å²) in [5.41, 5.74) is 1.15. The SMILES string of the molecule is CN1CCN(c2ccc(F)cc2C(=O)N(CCO)CCN2CCOCC2)CC1. The molecule has 0 saturated carbocycles. The molecule has 2 aliphatic heterocycles. The van der Waals surface area contributed by atoms with Crippen LogP contribution in [0.1, 0.15) is 10.4 Å². The average molecular weight is 394 g/mol. The molecule has 2 fully saturated rings. The first kappa shape index (κ1) is 21.0. The van der Waals surface area contributed by atoms with Crippen LogP contribution in [0.3, 0.4) is 0 Å². The molecule has 2 saturated heterocycles. The Hall–Kier alpha value is -1.74. The van der Waals surface area contributed by atoms with E-state index >= 15 is 0 Å². The number of anilines is 1. The standard InChI is InChI=1S/C20H31FN4O3/c1-22-4-7-24(8-5-22)19-3-2-17(21)16-18(19)20(27)25(10-13-26)9-6-23-11-14-28-15-12-23/h2-3,16,26H,4-15H2,1H3. The molecule has 7 nitrogen and oxygen atoms in total. The molecule has 3 rings (SSSR count). The molecule has 1 aromatic carbocycles. The van der Waals surface area contributed by atoms with Crippen LogP contribution < -0.4 is 4.90 Å². The number of nitrogens with zero attached hydrogens (tertiary/aromatic N) is 4. The molecule has 0 spiro atoms. The average Bonchev–Trinajstić information content (AvgIpc) is 2.72. The lowest BCUT2D eigenvalue weighted by molar-refractivity contribution is 0.0315. The number of rotatable bonds is 7. The summed E-state index contributed by atoms with van der Waals surface area (Å²) in [6.07, 6.45) is 0. The number of benzene rings is 1. The first-order chi connectivity index (χ1) is 13.6. The number of halogens is 1. The van der Waals surface area contributed by atoms with Gasteiger partial charge in [0, 0.05) is 64.6 Å². The summed E-state index contributed by atoms with van der Waals surface area (Å²) >= 11 is 0. The van der Waals surface area contributed by atoms with Crippen LogP contribution in [0.25, 0.3) is 0 Å². The highest BCUT2D eigenvalue weighted by atomic mass is 19.1. The van der Waals surface area contributed by atoms with Gasteiger partial charge in [0.1, 0.15) is 5.82 Å². The van der Waals surface area contributed by atoms with E-state index in [1.165, 1.54) is 12.1 Å².